The maximum Gasteiger partial charge on any atom is 0.137 e. The van der Waals surface area contributed by atoms with Gasteiger partial charge in [0.05, 0.1) is 22.4 Å². The van der Waals surface area contributed by atoms with E-state index in [1.54, 1.807) is 0 Å². The van der Waals surface area contributed by atoms with E-state index in [9.17, 15) is 0 Å². The van der Waals surface area contributed by atoms with Gasteiger partial charge in [-0.2, -0.15) is 5.10 Å². The monoisotopic (exact) mass is 590 g/mol. The van der Waals surface area contributed by atoms with Crippen molar-refractivity contribution in [3.63, 3.8) is 0 Å². The lowest BCUT2D eigenvalue weighted by Crippen LogP contribution is -2.01. The van der Waals surface area contributed by atoms with Crippen LogP contribution >= 0.6 is 0 Å². The number of para-hydroxylation sites is 1. The van der Waals surface area contributed by atoms with Crippen LogP contribution in [0.5, 0.6) is 11.5 Å². The molecule has 45 heavy (non-hydrogen) atoms. The highest BCUT2D eigenvalue weighted by molar-refractivity contribution is 6.09. The van der Waals surface area contributed by atoms with E-state index in [2.05, 4.69) is 119 Å². The van der Waals surface area contributed by atoms with Crippen molar-refractivity contribution in [2.75, 3.05) is 0 Å². The Morgan fingerprint density at radius 3 is 2.31 bits per heavy atom. The lowest BCUT2D eigenvalue weighted by atomic mass is 9.89. The number of hydrogen-bond acceptors (Lipinski definition) is 3. The maximum atomic E-state index is 6.53. The molecule has 0 atom stereocenters. The van der Waals surface area contributed by atoms with Gasteiger partial charge in [0.1, 0.15) is 17.3 Å². The van der Waals surface area contributed by atoms with Crippen LogP contribution in [0.1, 0.15) is 41.9 Å². The predicted octanol–water partition coefficient (Wildman–Crippen LogP) is 10.3. The minimum Gasteiger partial charge on any atom is -0.457 e. The molecule has 5 nitrogen and oxygen atoms in total. The van der Waals surface area contributed by atoms with Crippen molar-refractivity contribution >= 4 is 21.8 Å². The van der Waals surface area contributed by atoms with Gasteiger partial charge in [-0.15, -0.1) is 0 Å². The molecule has 0 unspecified atom stereocenters. The molecule has 3 heterocycles. The number of pyridine rings is 1. The minimum atomic E-state index is 0.573. The first-order valence-corrected chi connectivity index (χ1v) is 15.7. The summed E-state index contributed by atoms with van der Waals surface area (Å²) < 4.78 is 10.8. The summed E-state index contributed by atoms with van der Waals surface area (Å²) in [6.07, 6.45) is 2.90. The average Bonchev–Trinajstić information content (AvgIpc) is 3.50. The molecule has 0 spiro atoms. The summed E-state index contributed by atoms with van der Waals surface area (Å²) in [5.41, 5.74) is 11.7. The van der Waals surface area contributed by atoms with Gasteiger partial charge in [-0.3, -0.25) is 4.57 Å². The van der Waals surface area contributed by atoms with Gasteiger partial charge in [0.15, 0.2) is 0 Å². The lowest BCUT2D eigenvalue weighted by molar-refractivity contribution is 0.482. The molecule has 7 rings (SSSR count). The Hall–Kier alpha value is -5.16. The largest absolute Gasteiger partial charge is 0.457 e. The van der Waals surface area contributed by atoms with Crippen molar-refractivity contribution in [3.8, 4) is 34.1 Å². The van der Waals surface area contributed by atoms with Gasteiger partial charge in [0.2, 0.25) is 0 Å². The molecule has 0 aliphatic carbocycles. The molecule has 0 bridgehead atoms. The molecule has 0 aliphatic heterocycles. The highest BCUT2D eigenvalue weighted by Gasteiger charge is 2.20. The molecule has 5 heteroatoms. The molecule has 0 amide bonds. The Morgan fingerprint density at radius 1 is 0.711 bits per heavy atom. The van der Waals surface area contributed by atoms with Crippen LogP contribution in [0.2, 0.25) is 0 Å². The fourth-order valence-corrected chi connectivity index (χ4v) is 6.67. The average molecular weight is 591 g/mol. The van der Waals surface area contributed by atoms with E-state index >= 15 is 0 Å². The molecule has 224 valence electrons. The number of hydrogen-bond donors (Lipinski definition) is 0. The van der Waals surface area contributed by atoms with E-state index in [-0.39, 0.29) is 0 Å². The first-order chi connectivity index (χ1) is 21.8. The third kappa shape index (κ3) is 5.18. The smallest absolute Gasteiger partial charge is 0.137 e. The molecule has 3 aromatic heterocycles. The maximum absolute atomic E-state index is 6.53. The van der Waals surface area contributed by atoms with Crippen molar-refractivity contribution in [2.45, 2.75) is 48.0 Å². The zero-order valence-corrected chi connectivity index (χ0v) is 26.8. The van der Waals surface area contributed by atoms with Crippen molar-refractivity contribution < 1.29 is 4.74 Å². The highest BCUT2D eigenvalue weighted by Crippen LogP contribution is 2.37. The summed E-state index contributed by atoms with van der Waals surface area (Å²) >= 11 is 0. The molecule has 0 saturated carbocycles. The molecular weight excluding hydrogens is 552 g/mol. The zero-order valence-electron chi connectivity index (χ0n) is 26.8. The molecule has 0 aliphatic rings. The second kappa shape index (κ2) is 11.4. The van der Waals surface area contributed by atoms with E-state index in [0.717, 1.165) is 51.8 Å². The van der Waals surface area contributed by atoms with Gasteiger partial charge >= 0.3 is 0 Å². The Morgan fingerprint density at radius 2 is 1.49 bits per heavy atom. The molecule has 0 radical (unpaired) electrons. The number of nitrogens with zero attached hydrogens (tertiary/aromatic N) is 4. The Balaban J connectivity index is 1.27. The van der Waals surface area contributed by atoms with Gasteiger partial charge in [-0.25, -0.2) is 9.67 Å². The van der Waals surface area contributed by atoms with Gasteiger partial charge < -0.3 is 4.74 Å². The summed E-state index contributed by atoms with van der Waals surface area (Å²) in [7, 11) is 0. The fourth-order valence-electron chi connectivity index (χ4n) is 6.67. The molecule has 7 aromatic rings. The standard InChI is InChI=1S/C40H38N4O/c1-25(2)21-30-12-9-11-27(4)39(30)40-28(5)42-44(29(40)6)31-13-10-14-32(23-31)45-33-17-18-35-34-15-7-8-16-36(34)43(37(35)24-33)38-22-26(3)19-20-41-38/h7-20,22-25H,21H2,1-6H3. The topological polar surface area (TPSA) is 44.9 Å². The van der Waals surface area contributed by atoms with Crippen molar-refractivity contribution in [1.82, 2.24) is 19.3 Å². The second-order valence-electron chi connectivity index (χ2n) is 12.5. The van der Waals surface area contributed by atoms with E-state index < -0.39 is 0 Å². The van der Waals surface area contributed by atoms with Crippen LogP contribution in [-0.2, 0) is 6.42 Å². The first-order valence-electron chi connectivity index (χ1n) is 15.7. The molecule has 0 N–H and O–H groups in total. The van der Waals surface area contributed by atoms with E-state index in [0.29, 0.717) is 5.92 Å². The molecular formula is C40H38N4O. The van der Waals surface area contributed by atoms with Gasteiger partial charge in [0.25, 0.3) is 0 Å². The SMILES string of the molecule is Cc1ccnc(-n2c3ccccc3c3ccc(Oc4cccc(-n5nc(C)c(-c6c(C)cccc6CC(C)C)c5C)c4)cc32)c1. The summed E-state index contributed by atoms with van der Waals surface area (Å²) in [6, 6.07) is 33.7. The molecule has 0 fully saturated rings. The zero-order chi connectivity index (χ0) is 31.2. The van der Waals surface area contributed by atoms with Gasteiger partial charge in [-0.05, 0) is 105 Å². The Labute approximate surface area is 264 Å². The summed E-state index contributed by atoms with van der Waals surface area (Å²) in [4.78, 5) is 4.72. The van der Waals surface area contributed by atoms with Crippen LogP contribution in [0.25, 0.3) is 44.4 Å². The van der Waals surface area contributed by atoms with Gasteiger partial charge in [-0.1, -0.05) is 56.3 Å². The number of aryl methyl sites for hydroxylation is 3. The quantitative estimate of drug-likeness (QED) is 0.186. The Bertz CT molecular complexity index is 2200. The summed E-state index contributed by atoms with van der Waals surface area (Å²) in [5.74, 6) is 2.99. The summed E-state index contributed by atoms with van der Waals surface area (Å²) in [5, 5.41) is 7.39. The van der Waals surface area contributed by atoms with Crippen LogP contribution in [-0.4, -0.2) is 19.3 Å². The first kappa shape index (κ1) is 28.6. The number of rotatable bonds is 7. The fraction of sp³-hybridized carbons (Fsp3) is 0.200. The Kier molecular flexibility index (Phi) is 7.25. The van der Waals surface area contributed by atoms with Crippen LogP contribution in [0.4, 0.5) is 0 Å². The number of aromatic nitrogens is 4. The van der Waals surface area contributed by atoms with Crippen LogP contribution < -0.4 is 4.74 Å². The van der Waals surface area contributed by atoms with Crippen molar-refractivity contribution in [3.05, 3.63) is 131 Å². The van der Waals surface area contributed by atoms with Crippen molar-refractivity contribution in [1.29, 1.82) is 0 Å². The predicted molar refractivity (Wildman–Crippen MR) is 185 cm³/mol. The highest BCUT2D eigenvalue weighted by atomic mass is 16.5. The van der Waals surface area contributed by atoms with Crippen LogP contribution in [0.3, 0.4) is 0 Å². The van der Waals surface area contributed by atoms with Crippen LogP contribution in [0, 0.1) is 33.6 Å². The minimum absolute atomic E-state index is 0.573. The molecule has 4 aromatic carbocycles. The normalized spacial score (nSPS) is 11.6. The number of benzene rings is 4. The van der Waals surface area contributed by atoms with Gasteiger partial charge in [0, 0.05) is 40.4 Å². The third-order valence-corrected chi connectivity index (χ3v) is 8.60. The number of fused-ring (bicyclic) bond motifs is 3. The van der Waals surface area contributed by atoms with E-state index in [1.165, 1.54) is 38.6 Å². The second-order valence-corrected chi connectivity index (χ2v) is 12.5. The lowest BCUT2D eigenvalue weighted by Gasteiger charge is -2.15. The summed E-state index contributed by atoms with van der Waals surface area (Å²) in [6.45, 7) is 13.1. The number of ether oxygens (including phenoxy) is 1. The van der Waals surface area contributed by atoms with E-state index in [1.807, 2.05) is 35.1 Å². The third-order valence-electron chi connectivity index (χ3n) is 8.60. The van der Waals surface area contributed by atoms with Crippen LogP contribution in [0.15, 0.2) is 103 Å². The molecule has 0 saturated heterocycles. The van der Waals surface area contributed by atoms with E-state index in [4.69, 9.17) is 14.8 Å². The van der Waals surface area contributed by atoms with Crippen molar-refractivity contribution in [2.24, 2.45) is 5.92 Å².